The smallest absolute Gasteiger partial charge is 0.227 e. The normalized spacial score (nSPS) is 15.7. The maximum atomic E-state index is 12.3. The Labute approximate surface area is 132 Å². The fraction of sp³-hybridized carbons (Fsp3) is 0.529. The van der Waals surface area contributed by atoms with E-state index >= 15 is 0 Å². The molecule has 2 rings (SSSR count). The Balaban J connectivity index is 1.91. The molecular formula is C17H25N3O2. The SMILES string of the molecule is CCN1CCN(C(=O)Cc2ccc(N(C)C(C)=O)cc2)CC1. The van der Waals surface area contributed by atoms with Gasteiger partial charge in [-0.15, -0.1) is 0 Å². The van der Waals surface area contributed by atoms with Gasteiger partial charge in [0.05, 0.1) is 6.42 Å². The highest BCUT2D eigenvalue weighted by molar-refractivity contribution is 5.90. The van der Waals surface area contributed by atoms with Crippen molar-refractivity contribution in [1.29, 1.82) is 0 Å². The van der Waals surface area contributed by atoms with E-state index in [4.69, 9.17) is 0 Å². The molecule has 0 bridgehead atoms. The van der Waals surface area contributed by atoms with Crippen LogP contribution in [0.2, 0.25) is 0 Å². The van der Waals surface area contributed by atoms with E-state index < -0.39 is 0 Å². The van der Waals surface area contributed by atoms with Gasteiger partial charge < -0.3 is 14.7 Å². The standard InChI is InChI=1S/C17H25N3O2/c1-4-19-9-11-20(12-10-19)17(22)13-15-5-7-16(8-6-15)18(3)14(2)21/h5-8H,4,9-13H2,1-3H3. The van der Waals surface area contributed by atoms with E-state index in [0.29, 0.717) is 6.42 Å². The van der Waals surface area contributed by atoms with Crippen LogP contribution >= 0.6 is 0 Å². The first kappa shape index (κ1) is 16.5. The van der Waals surface area contributed by atoms with Crippen molar-refractivity contribution in [2.75, 3.05) is 44.7 Å². The highest BCUT2D eigenvalue weighted by atomic mass is 16.2. The van der Waals surface area contributed by atoms with Crippen molar-refractivity contribution < 1.29 is 9.59 Å². The molecular weight excluding hydrogens is 278 g/mol. The third-order valence-electron chi connectivity index (χ3n) is 4.32. The number of rotatable bonds is 4. The topological polar surface area (TPSA) is 43.9 Å². The summed E-state index contributed by atoms with van der Waals surface area (Å²) >= 11 is 0. The number of carbonyl (C=O) groups is 2. The average molecular weight is 303 g/mol. The second-order valence-electron chi connectivity index (χ2n) is 5.74. The molecule has 0 atom stereocenters. The Kier molecular flexibility index (Phi) is 5.55. The maximum Gasteiger partial charge on any atom is 0.227 e. The van der Waals surface area contributed by atoms with E-state index in [-0.39, 0.29) is 11.8 Å². The predicted octanol–water partition coefficient (Wildman–Crippen LogP) is 1.38. The lowest BCUT2D eigenvalue weighted by atomic mass is 10.1. The van der Waals surface area contributed by atoms with Crippen LogP contribution in [0.1, 0.15) is 19.4 Å². The molecule has 0 aliphatic carbocycles. The summed E-state index contributed by atoms with van der Waals surface area (Å²) < 4.78 is 0. The van der Waals surface area contributed by atoms with Gasteiger partial charge in [0.25, 0.3) is 0 Å². The number of nitrogens with zero attached hydrogens (tertiary/aromatic N) is 3. The molecule has 0 aromatic heterocycles. The predicted molar refractivity (Wildman–Crippen MR) is 87.9 cm³/mol. The van der Waals surface area contributed by atoms with Crippen LogP contribution in [0.4, 0.5) is 5.69 Å². The first-order valence-electron chi connectivity index (χ1n) is 7.84. The van der Waals surface area contributed by atoms with Crippen LogP contribution in [-0.2, 0) is 16.0 Å². The molecule has 1 aromatic rings. The van der Waals surface area contributed by atoms with Crippen molar-refractivity contribution in [3.63, 3.8) is 0 Å². The fourth-order valence-corrected chi connectivity index (χ4v) is 2.62. The summed E-state index contributed by atoms with van der Waals surface area (Å²) in [4.78, 5) is 29.6. The molecule has 0 saturated carbocycles. The van der Waals surface area contributed by atoms with Gasteiger partial charge in [0.1, 0.15) is 0 Å². The highest BCUT2D eigenvalue weighted by Gasteiger charge is 2.20. The van der Waals surface area contributed by atoms with Crippen molar-refractivity contribution in [3.8, 4) is 0 Å². The first-order valence-corrected chi connectivity index (χ1v) is 7.84. The lowest BCUT2D eigenvalue weighted by Gasteiger charge is -2.34. The summed E-state index contributed by atoms with van der Waals surface area (Å²) in [6.07, 6.45) is 0.427. The Morgan fingerprint density at radius 3 is 2.18 bits per heavy atom. The Bertz CT molecular complexity index is 519. The van der Waals surface area contributed by atoms with Crippen LogP contribution in [0.15, 0.2) is 24.3 Å². The van der Waals surface area contributed by atoms with Crippen molar-refractivity contribution in [3.05, 3.63) is 29.8 Å². The van der Waals surface area contributed by atoms with Crippen molar-refractivity contribution >= 4 is 17.5 Å². The fourth-order valence-electron chi connectivity index (χ4n) is 2.62. The highest BCUT2D eigenvalue weighted by Crippen LogP contribution is 2.15. The minimum absolute atomic E-state index is 0.00220. The third kappa shape index (κ3) is 4.07. The average Bonchev–Trinajstić information content (AvgIpc) is 2.54. The number of likely N-dealkylation sites (N-methyl/N-ethyl adjacent to an activating group) is 1. The van der Waals surface area contributed by atoms with Gasteiger partial charge in [0, 0.05) is 45.8 Å². The molecule has 22 heavy (non-hydrogen) atoms. The Morgan fingerprint density at radius 1 is 1.09 bits per heavy atom. The summed E-state index contributed by atoms with van der Waals surface area (Å²) in [5.41, 5.74) is 1.84. The number of hydrogen-bond acceptors (Lipinski definition) is 3. The molecule has 1 saturated heterocycles. The van der Waals surface area contributed by atoms with E-state index in [1.807, 2.05) is 29.2 Å². The maximum absolute atomic E-state index is 12.3. The Morgan fingerprint density at radius 2 is 1.68 bits per heavy atom. The first-order chi connectivity index (χ1) is 10.5. The molecule has 1 fully saturated rings. The summed E-state index contributed by atoms with van der Waals surface area (Å²) in [6, 6.07) is 7.63. The minimum atomic E-state index is -0.00220. The van der Waals surface area contributed by atoms with Crippen molar-refractivity contribution in [2.24, 2.45) is 0 Å². The summed E-state index contributed by atoms with van der Waals surface area (Å²) in [6.45, 7) is 8.29. The third-order valence-corrected chi connectivity index (χ3v) is 4.32. The Hall–Kier alpha value is -1.88. The van der Waals surface area contributed by atoms with Crippen LogP contribution in [0.5, 0.6) is 0 Å². The van der Waals surface area contributed by atoms with Crippen LogP contribution < -0.4 is 4.90 Å². The van der Waals surface area contributed by atoms with Crippen LogP contribution in [0.25, 0.3) is 0 Å². The van der Waals surface area contributed by atoms with Crippen LogP contribution in [-0.4, -0.2) is 61.4 Å². The zero-order valence-electron chi connectivity index (χ0n) is 13.7. The molecule has 2 amide bonds. The van der Waals surface area contributed by atoms with Gasteiger partial charge >= 0.3 is 0 Å². The largest absolute Gasteiger partial charge is 0.340 e. The van der Waals surface area contributed by atoms with E-state index in [0.717, 1.165) is 44.0 Å². The second kappa shape index (κ2) is 7.40. The van der Waals surface area contributed by atoms with Gasteiger partial charge in [-0.05, 0) is 24.2 Å². The molecule has 1 aliphatic heterocycles. The second-order valence-corrected chi connectivity index (χ2v) is 5.74. The molecule has 0 radical (unpaired) electrons. The summed E-state index contributed by atoms with van der Waals surface area (Å²) in [7, 11) is 1.75. The van der Waals surface area contributed by atoms with Gasteiger partial charge in [-0.2, -0.15) is 0 Å². The number of piperazine rings is 1. The molecule has 5 heteroatoms. The zero-order valence-corrected chi connectivity index (χ0v) is 13.7. The van der Waals surface area contributed by atoms with E-state index in [1.165, 1.54) is 6.92 Å². The minimum Gasteiger partial charge on any atom is -0.340 e. The van der Waals surface area contributed by atoms with Crippen molar-refractivity contribution in [2.45, 2.75) is 20.3 Å². The molecule has 1 aromatic carbocycles. The molecule has 0 unspecified atom stereocenters. The quantitative estimate of drug-likeness (QED) is 0.844. The van der Waals surface area contributed by atoms with Gasteiger partial charge in [-0.1, -0.05) is 19.1 Å². The van der Waals surface area contributed by atoms with Gasteiger partial charge in [-0.3, -0.25) is 9.59 Å². The van der Waals surface area contributed by atoms with Gasteiger partial charge in [-0.25, -0.2) is 0 Å². The van der Waals surface area contributed by atoms with Gasteiger partial charge in [0.2, 0.25) is 11.8 Å². The number of benzene rings is 1. The lowest BCUT2D eigenvalue weighted by Crippen LogP contribution is -2.48. The van der Waals surface area contributed by atoms with Gasteiger partial charge in [0.15, 0.2) is 0 Å². The molecule has 5 nitrogen and oxygen atoms in total. The monoisotopic (exact) mass is 303 g/mol. The molecule has 1 heterocycles. The molecule has 1 aliphatic rings. The van der Waals surface area contributed by atoms with E-state index in [9.17, 15) is 9.59 Å². The number of hydrogen-bond donors (Lipinski definition) is 0. The lowest BCUT2D eigenvalue weighted by molar-refractivity contribution is -0.132. The molecule has 0 spiro atoms. The zero-order chi connectivity index (χ0) is 16.1. The van der Waals surface area contributed by atoms with Crippen LogP contribution in [0.3, 0.4) is 0 Å². The number of anilines is 1. The number of amides is 2. The summed E-state index contributed by atoms with van der Waals surface area (Å²) in [5.74, 6) is 0.182. The van der Waals surface area contributed by atoms with E-state index in [2.05, 4.69) is 11.8 Å². The molecule has 120 valence electrons. The summed E-state index contributed by atoms with van der Waals surface area (Å²) in [5, 5.41) is 0. The number of carbonyl (C=O) groups excluding carboxylic acids is 2. The van der Waals surface area contributed by atoms with E-state index in [1.54, 1.807) is 11.9 Å². The molecule has 0 N–H and O–H groups in total. The van der Waals surface area contributed by atoms with Crippen molar-refractivity contribution in [1.82, 2.24) is 9.80 Å². The van der Waals surface area contributed by atoms with Crippen LogP contribution in [0, 0.1) is 0 Å².